The Kier molecular flexibility index (Phi) is 18.2. The van der Waals surface area contributed by atoms with Crippen LogP contribution in [0.4, 0.5) is 14.5 Å². The van der Waals surface area contributed by atoms with E-state index in [1.807, 2.05) is 26.0 Å². The summed E-state index contributed by atoms with van der Waals surface area (Å²) in [5.74, 6) is -3.01. The van der Waals surface area contributed by atoms with Crippen molar-refractivity contribution in [3.63, 3.8) is 0 Å². The summed E-state index contributed by atoms with van der Waals surface area (Å²) < 4.78 is 44.7. The molecule has 0 bridgehead atoms. The molecule has 68 heavy (non-hydrogen) atoms. The highest BCUT2D eigenvalue weighted by Gasteiger charge is 2.49. The van der Waals surface area contributed by atoms with Gasteiger partial charge in [0.05, 0.1) is 42.6 Å². The molecule has 0 radical (unpaired) electrons. The molecule has 13 nitrogen and oxygen atoms in total. The van der Waals surface area contributed by atoms with Gasteiger partial charge in [0.2, 0.25) is 11.8 Å². The molecule has 3 aromatic carbocycles. The van der Waals surface area contributed by atoms with Crippen LogP contribution in [-0.4, -0.2) is 82.4 Å². The van der Waals surface area contributed by atoms with Crippen molar-refractivity contribution in [2.24, 2.45) is 29.6 Å². The molecule has 2 aliphatic carbocycles. The smallest absolute Gasteiger partial charge is 0.308 e. The lowest BCUT2D eigenvalue weighted by Crippen LogP contribution is -2.55. The van der Waals surface area contributed by atoms with E-state index in [1.165, 1.54) is 55.5 Å². The number of Topliss-reactive ketones (excluding diaryl/α,β-unsaturated/α-hetero) is 1. The molecule has 15 heteroatoms. The van der Waals surface area contributed by atoms with Crippen molar-refractivity contribution >= 4 is 35.2 Å². The number of ether oxygens (including phenoxy) is 3. The number of halogens is 2. The van der Waals surface area contributed by atoms with Gasteiger partial charge in [-0.3, -0.25) is 24.0 Å². The normalized spacial score (nSPS) is 23.8. The summed E-state index contributed by atoms with van der Waals surface area (Å²) in [5.41, 5.74) is 2.77. The first kappa shape index (κ1) is 51.6. The molecule has 3 aliphatic rings. The summed E-state index contributed by atoms with van der Waals surface area (Å²) in [6.07, 6.45) is 4.11. The second-order valence-electron chi connectivity index (χ2n) is 18.4. The van der Waals surface area contributed by atoms with Gasteiger partial charge in [-0.05, 0) is 116 Å². The summed E-state index contributed by atoms with van der Waals surface area (Å²) in [6.45, 7) is 6.85. The maximum absolute atomic E-state index is 13.8. The monoisotopic (exact) mass is 942 g/mol. The van der Waals surface area contributed by atoms with Gasteiger partial charge in [0.1, 0.15) is 36.2 Å². The maximum Gasteiger partial charge on any atom is 0.308 e. The number of amides is 2. The van der Waals surface area contributed by atoms with E-state index in [9.17, 15) is 48.1 Å². The van der Waals surface area contributed by atoms with Crippen LogP contribution in [0.15, 0.2) is 96.6 Å². The number of benzene rings is 3. The zero-order chi connectivity index (χ0) is 49.1. The van der Waals surface area contributed by atoms with Crippen molar-refractivity contribution in [2.75, 3.05) is 18.1 Å². The largest absolute Gasteiger partial charge is 0.486 e. The Labute approximate surface area is 396 Å². The van der Waals surface area contributed by atoms with Crippen molar-refractivity contribution in [1.82, 2.24) is 5.32 Å². The van der Waals surface area contributed by atoms with Gasteiger partial charge in [-0.1, -0.05) is 63.3 Å². The Morgan fingerprint density at radius 1 is 0.912 bits per heavy atom. The summed E-state index contributed by atoms with van der Waals surface area (Å²) in [4.78, 5) is 65.3. The number of aliphatic hydroxyl groups excluding tert-OH is 3. The van der Waals surface area contributed by atoms with Crippen molar-refractivity contribution in [3.05, 3.63) is 119 Å². The Balaban J connectivity index is 0.945. The van der Waals surface area contributed by atoms with Crippen LogP contribution in [0, 0.1) is 41.2 Å². The van der Waals surface area contributed by atoms with Crippen LogP contribution in [0.3, 0.4) is 0 Å². The third-order valence-electron chi connectivity index (χ3n) is 13.4. The second kappa shape index (κ2) is 24.0. The van der Waals surface area contributed by atoms with Crippen LogP contribution in [0.5, 0.6) is 5.75 Å². The number of hydrogen-bond acceptors (Lipinski definition) is 11. The first-order valence-electron chi connectivity index (χ1n) is 23.7. The first-order valence-corrected chi connectivity index (χ1v) is 23.7. The summed E-state index contributed by atoms with van der Waals surface area (Å²) in [6, 6.07) is 17.7. The summed E-state index contributed by atoms with van der Waals surface area (Å²) >= 11 is 0. The van der Waals surface area contributed by atoms with Crippen LogP contribution in [-0.2, 0) is 33.4 Å². The number of allylic oxidation sites excluding steroid dienone is 2. The summed E-state index contributed by atoms with van der Waals surface area (Å²) in [5, 5.41) is 34.7. The Morgan fingerprint density at radius 3 is 2.25 bits per heavy atom. The van der Waals surface area contributed by atoms with Gasteiger partial charge < -0.3 is 39.7 Å². The van der Waals surface area contributed by atoms with Crippen LogP contribution >= 0.6 is 0 Å². The molecule has 0 saturated carbocycles. The topological polar surface area (TPSA) is 189 Å². The fourth-order valence-electron chi connectivity index (χ4n) is 9.55. The number of esters is 2. The predicted molar refractivity (Wildman–Crippen MR) is 249 cm³/mol. The molecule has 6 rings (SSSR count). The van der Waals surface area contributed by atoms with E-state index >= 15 is 0 Å². The van der Waals surface area contributed by atoms with Crippen molar-refractivity contribution in [2.45, 2.75) is 122 Å². The number of carbonyl (C=O) groups is 5. The quantitative estimate of drug-likeness (QED) is 0.0542. The van der Waals surface area contributed by atoms with Crippen LogP contribution < -0.4 is 15.0 Å². The maximum atomic E-state index is 13.8. The lowest BCUT2D eigenvalue weighted by Gasteiger charge is -2.48. The fraction of sp³-hybridized carbons (Fsp3) is 0.491. The average molecular weight is 943 g/mol. The van der Waals surface area contributed by atoms with Crippen molar-refractivity contribution in [1.29, 1.82) is 0 Å². The molecule has 11 atom stereocenters. The number of aliphatic hydroxyl groups is 3. The van der Waals surface area contributed by atoms with Crippen molar-refractivity contribution < 1.29 is 62.3 Å². The predicted octanol–water partition coefficient (Wildman–Crippen LogP) is 7.58. The number of nitrogens with zero attached hydrogens (tertiary/aromatic N) is 1. The van der Waals surface area contributed by atoms with Gasteiger partial charge in [0.25, 0.3) is 0 Å². The molecular weight excluding hydrogens is 879 g/mol. The second-order valence-corrected chi connectivity index (χ2v) is 18.4. The van der Waals surface area contributed by atoms with E-state index in [2.05, 4.69) is 18.3 Å². The van der Waals surface area contributed by atoms with Gasteiger partial charge in [0, 0.05) is 37.9 Å². The minimum absolute atomic E-state index is 0.0207. The molecule has 4 N–H and O–H groups in total. The SMILES string of the molecule is CC[C@H](C)C(=O)O[C@H]1C[C@H](O)C=C2C=C[C@H](C)[C@H](CC[C@@H](O)C[C@@H](O)CC(=O)NCCC(=O)COc3ccc([C@@H]4[C@@H](CC[C@H](OC(C)=O)c5ccc(F)cc5)C(=O)N4c4ccc(F)cc4)cc3)[C@H]21. The Bertz CT molecular complexity index is 2270. The minimum Gasteiger partial charge on any atom is -0.486 e. The number of hydrogen-bond donors (Lipinski definition) is 4. The van der Waals surface area contributed by atoms with Gasteiger partial charge >= 0.3 is 11.9 Å². The zero-order valence-electron chi connectivity index (χ0n) is 39.1. The number of β-lactam (4-membered cyclic amide) rings is 1. The molecule has 366 valence electrons. The number of anilines is 1. The molecule has 1 aliphatic heterocycles. The highest BCUT2D eigenvalue weighted by atomic mass is 19.1. The first-order chi connectivity index (χ1) is 32.5. The van der Waals surface area contributed by atoms with E-state index < -0.39 is 66.0 Å². The highest BCUT2D eigenvalue weighted by molar-refractivity contribution is 6.03. The lowest BCUT2D eigenvalue weighted by atomic mass is 9.66. The fourth-order valence-corrected chi connectivity index (χ4v) is 9.55. The molecular formula is C53H64F2N2O11. The highest BCUT2D eigenvalue weighted by Crippen LogP contribution is 2.47. The van der Waals surface area contributed by atoms with E-state index in [1.54, 1.807) is 29.2 Å². The number of nitrogens with one attached hydrogen (secondary N) is 1. The number of ketones is 1. The molecule has 0 unspecified atom stereocenters. The van der Waals surface area contributed by atoms with E-state index in [4.69, 9.17) is 14.2 Å². The van der Waals surface area contributed by atoms with E-state index in [0.29, 0.717) is 49.1 Å². The minimum atomic E-state index is -1.12. The van der Waals surface area contributed by atoms with Gasteiger partial charge in [-0.15, -0.1) is 0 Å². The van der Waals surface area contributed by atoms with E-state index in [-0.39, 0.29) is 80.2 Å². The standard InChI is InChI=1S/C53H64F2N2O11/c1-5-31(2)53(65)68-48-28-42(61)26-36-7-6-32(3)45(50(36)48)21-18-40(59)27-43(62)29-49(63)56-25-24-41(60)30-66-44-19-10-35(11-20-44)51-46(52(64)57(51)39-16-14-38(55)15-17-39)22-23-47(67-33(4)58)34-8-12-37(54)13-9-34/h6-17,19-20,26,31-32,40,42-43,45-48,50-51,59,61-62H,5,18,21-25,27-30H2,1-4H3,(H,56,63)/t31-,32-,40+,42+,43+,45-,46+,47-,48-,50-,51+/m0/s1. The lowest BCUT2D eigenvalue weighted by molar-refractivity contribution is -0.159. The number of rotatable bonds is 23. The molecule has 0 aromatic heterocycles. The molecule has 2 amide bonds. The van der Waals surface area contributed by atoms with Crippen LogP contribution in [0.2, 0.25) is 0 Å². The zero-order valence-corrected chi connectivity index (χ0v) is 39.1. The van der Waals surface area contributed by atoms with Gasteiger partial charge in [0.15, 0.2) is 5.78 Å². The molecule has 1 saturated heterocycles. The van der Waals surface area contributed by atoms with Gasteiger partial charge in [-0.25, -0.2) is 8.78 Å². The summed E-state index contributed by atoms with van der Waals surface area (Å²) in [7, 11) is 0. The molecule has 3 aromatic rings. The van der Waals surface area contributed by atoms with Crippen LogP contribution in [0.25, 0.3) is 0 Å². The van der Waals surface area contributed by atoms with E-state index in [0.717, 1.165) is 11.1 Å². The number of carbonyl (C=O) groups excluding carboxylic acids is 5. The van der Waals surface area contributed by atoms with Gasteiger partial charge in [-0.2, -0.15) is 0 Å². The van der Waals surface area contributed by atoms with Crippen LogP contribution in [0.1, 0.15) is 109 Å². The third kappa shape index (κ3) is 13.7. The molecule has 1 fully saturated rings. The Morgan fingerprint density at radius 2 is 1.59 bits per heavy atom. The molecule has 1 heterocycles. The average Bonchev–Trinajstić information content (AvgIpc) is 3.30. The Hall–Kier alpha value is -5.77. The third-order valence-corrected chi connectivity index (χ3v) is 13.4. The van der Waals surface area contributed by atoms with Crippen molar-refractivity contribution in [3.8, 4) is 5.75 Å². The number of fused-ring (bicyclic) bond motifs is 1. The molecule has 0 spiro atoms.